The third-order valence-corrected chi connectivity index (χ3v) is 6.75. The van der Waals surface area contributed by atoms with Gasteiger partial charge in [-0.3, -0.25) is 24.0 Å². The van der Waals surface area contributed by atoms with Crippen molar-refractivity contribution >= 4 is 44.8 Å². The molecule has 0 spiro atoms. The molecule has 0 saturated carbocycles. The van der Waals surface area contributed by atoms with Crippen LogP contribution in [0.25, 0.3) is 0 Å². The van der Waals surface area contributed by atoms with Crippen LogP contribution in [-0.4, -0.2) is 55.4 Å². The Labute approximate surface area is 210 Å². The fourth-order valence-corrected chi connectivity index (χ4v) is 4.51. The van der Waals surface area contributed by atoms with Gasteiger partial charge in [0.25, 0.3) is 5.69 Å². The first-order chi connectivity index (χ1) is 16.5. The predicted molar refractivity (Wildman–Crippen MR) is 135 cm³/mol. The van der Waals surface area contributed by atoms with Crippen LogP contribution in [0.15, 0.2) is 48.5 Å². The topological polar surface area (TPSA) is 130 Å². The second-order valence-electron chi connectivity index (χ2n) is 7.87. The van der Waals surface area contributed by atoms with Gasteiger partial charge in [-0.1, -0.05) is 49.7 Å². The van der Waals surface area contributed by atoms with Gasteiger partial charge >= 0.3 is 0 Å². The molecule has 0 aliphatic heterocycles. The van der Waals surface area contributed by atoms with Crippen LogP contribution in [-0.2, 0) is 26.2 Å². The molecular formula is C23H29ClN4O6S. The molecule has 0 bridgehead atoms. The number of non-ortho nitro benzene ring substituents is 1. The molecule has 2 aromatic carbocycles. The third kappa shape index (κ3) is 7.66. The molecule has 10 nitrogen and oxygen atoms in total. The number of amides is 2. The number of halogens is 1. The summed E-state index contributed by atoms with van der Waals surface area (Å²) in [6, 6.07) is 11.0. The molecule has 0 saturated heterocycles. The van der Waals surface area contributed by atoms with Crippen molar-refractivity contribution in [1.29, 1.82) is 0 Å². The van der Waals surface area contributed by atoms with E-state index in [4.69, 9.17) is 11.6 Å². The third-order valence-electron chi connectivity index (χ3n) is 5.24. The monoisotopic (exact) mass is 524 g/mol. The van der Waals surface area contributed by atoms with Gasteiger partial charge in [-0.2, -0.15) is 0 Å². The molecule has 0 aliphatic rings. The summed E-state index contributed by atoms with van der Waals surface area (Å²) < 4.78 is 26.0. The molecule has 35 heavy (non-hydrogen) atoms. The summed E-state index contributed by atoms with van der Waals surface area (Å²) in [5.41, 5.74) is 0.239. The van der Waals surface area contributed by atoms with Crippen LogP contribution in [0.3, 0.4) is 0 Å². The lowest BCUT2D eigenvalue weighted by Gasteiger charge is -2.33. The second-order valence-corrected chi connectivity index (χ2v) is 10.2. The van der Waals surface area contributed by atoms with Gasteiger partial charge in [0, 0.05) is 30.2 Å². The summed E-state index contributed by atoms with van der Waals surface area (Å²) in [5.74, 6) is -1.02. The normalized spacial score (nSPS) is 12.0. The largest absolute Gasteiger partial charge is 0.354 e. The van der Waals surface area contributed by atoms with Gasteiger partial charge in [-0.15, -0.1) is 0 Å². The van der Waals surface area contributed by atoms with E-state index in [-0.39, 0.29) is 30.2 Å². The lowest BCUT2D eigenvalue weighted by atomic mass is 10.1. The average molecular weight is 525 g/mol. The highest BCUT2D eigenvalue weighted by atomic mass is 35.5. The number of hydrogen-bond acceptors (Lipinski definition) is 6. The highest BCUT2D eigenvalue weighted by Crippen LogP contribution is 2.25. The van der Waals surface area contributed by atoms with Crippen LogP contribution in [0.4, 0.5) is 11.4 Å². The predicted octanol–water partition coefficient (Wildman–Crippen LogP) is 3.35. The van der Waals surface area contributed by atoms with Gasteiger partial charge in [0.2, 0.25) is 21.8 Å². The average Bonchev–Trinajstić information content (AvgIpc) is 2.81. The smallest absolute Gasteiger partial charge is 0.271 e. The first-order valence-electron chi connectivity index (χ1n) is 11.0. The van der Waals surface area contributed by atoms with Crippen LogP contribution in [0.2, 0.25) is 5.02 Å². The van der Waals surface area contributed by atoms with E-state index in [1.807, 2.05) is 6.92 Å². The minimum absolute atomic E-state index is 0.0247. The number of nitro groups is 1. The van der Waals surface area contributed by atoms with Crippen molar-refractivity contribution in [2.45, 2.75) is 39.3 Å². The second kappa shape index (κ2) is 12.5. The number of nitro benzene ring substituents is 1. The van der Waals surface area contributed by atoms with Gasteiger partial charge in [-0.05, 0) is 30.5 Å². The standard InChI is InChI=1S/C23H29ClN4O6S/c1-4-13-25-23(30)21(5-2)26(15-17-9-6-7-12-20(17)24)22(29)16-27(35(3,33)34)18-10-8-11-19(14-18)28(31)32/h6-12,14,21H,4-5,13,15-16H2,1-3H3,(H,25,30)/t21-/m1/s1. The van der Waals surface area contributed by atoms with Gasteiger partial charge in [0.1, 0.15) is 12.6 Å². The van der Waals surface area contributed by atoms with Crippen LogP contribution in [0, 0.1) is 10.1 Å². The number of nitrogens with one attached hydrogen (secondary N) is 1. The van der Waals surface area contributed by atoms with Crippen LogP contribution < -0.4 is 9.62 Å². The fourth-order valence-electron chi connectivity index (χ4n) is 3.47. The molecule has 1 N–H and O–H groups in total. The van der Waals surface area contributed by atoms with Gasteiger partial charge in [0.15, 0.2) is 0 Å². The summed E-state index contributed by atoms with van der Waals surface area (Å²) in [7, 11) is -4.00. The van der Waals surface area contributed by atoms with E-state index >= 15 is 0 Å². The summed E-state index contributed by atoms with van der Waals surface area (Å²) in [5, 5.41) is 14.4. The van der Waals surface area contributed by atoms with E-state index in [2.05, 4.69) is 5.32 Å². The lowest BCUT2D eigenvalue weighted by Crippen LogP contribution is -2.52. The molecule has 0 aliphatic carbocycles. The van der Waals surface area contributed by atoms with E-state index in [1.165, 1.54) is 23.1 Å². The molecule has 0 aromatic heterocycles. The first-order valence-corrected chi connectivity index (χ1v) is 13.2. The summed E-state index contributed by atoms with van der Waals surface area (Å²) >= 11 is 6.30. The Morgan fingerprint density at radius 2 is 1.83 bits per heavy atom. The van der Waals surface area contributed by atoms with Crippen molar-refractivity contribution in [2.75, 3.05) is 23.7 Å². The number of rotatable bonds is 12. The number of hydrogen-bond donors (Lipinski definition) is 1. The highest BCUT2D eigenvalue weighted by Gasteiger charge is 2.32. The van der Waals surface area contributed by atoms with Crippen molar-refractivity contribution in [2.24, 2.45) is 0 Å². The zero-order chi connectivity index (χ0) is 26.2. The molecule has 1 atom stereocenters. The molecule has 2 aromatic rings. The zero-order valence-corrected chi connectivity index (χ0v) is 21.4. The number of benzene rings is 2. The van der Waals surface area contributed by atoms with Crippen molar-refractivity contribution in [3.05, 3.63) is 69.2 Å². The molecule has 190 valence electrons. The molecule has 0 radical (unpaired) electrons. The quantitative estimate of drug-likeness (QED) is 0.335. The number of carbonyl (C=O) groups is 2. The number of anilines is 1. The maximum atomic E-state index is 13.5. The minimum Gasteiger partial charge on any atom is -0.354 e. The summed E-state index contributed by atoms with van der Waals surface area (Å²) in [6.45, 7) is 3.40. The van der Waals surface area contributed by atoms with Crippen molar-refractivity contribution in [3.63, 3.8) is 0 Å². The Bertz CT molecular complexity index is 1170. The Hall–Kier alpha value is -3.18. The molecule has 0 unspecified atom stereocenters. The Kier molecular flexibility index (Phi) is 10.0. The van der Waals surface area contributed by atoms with Crippen LogP contribution in [0.1, 0.15) is 32.3 Å². The minimum atomic E-state index is -4.00. The molecule has 0 heterocycles. The van der Waals surface area contributed by atoms with Gasteiger partial charge < -0.3 is 10.2 Å². The van der Waals surface area contributed by atoms with Gasteiger partial charge in [0.05, 0.1) is 16.9 Å². The lowest BCUT2D eigenvalue weighted by molar-refractivity contribution is -0.384. The first kappa shape index (κ1) is 28.1. The Morgan fingerprint density at radius 3 is 2.40 bits per heavy atom. The zero-order valence-electron chi connectivity index (χ0n) is 19.8. The van der Waals surface area contributed by atoms with Gasteiger partial charge in [-0.25, -0.2) is 8.42 Å². The van der Waals surface area contributed by atoms with E-state index in [0.29, 0.717) is 23.6 Å². The van der Waals surface area contributed by atoms with E-state index in [0.717, 1.165) is 16.6 Å². The molecule has 2 rings (SSSR count). The van der Waals surface area contributed by atoms with E-state index in [9.17, 15) is 28.1 Å². The van der Waals surface area contributed by atoms with Crippen LogP contribution >= 0.6 is 11.6 Å². The van der Waals surface area contributed by atoms with Crippen LogP contribution in [0.5, 0.6) is 0 Å². The Balaban J connectivity index is 2.47. The number of nitrogens with zero attached hydrogens (tertiary/aromatic N) is 3. The number of sulfonamides is 1. The fraction of sp³-hybridized carbons (Fsp3) is 0.391. The van der Waals surface area contributed by atoms with E-state index in [1.54, 1.807) is 31.2 Å². The SMILES string of the molecule is CCCNC(=O)[C@@H](CC)N(Cc1ccccc1Cl)C(=O)CN(c1cccc([N+](=O)[O-])c1)S(C)(=O)=O. The van der Waals surface area contributed by atoms with Crippen molar-refractivity contribution < 1.29 is 22.9 Å². The van der Waals surface area contributed by atoms with Crippen molar-refractivity contribution in [1.82, 2.24) is 10.2 Å². The molecular weight excluding hydrogens is 496 g/mol. The highest BCUT2D eigenvalue weighted by molar-refractivity contribution is 7.92. The molecule has 2 amide bonds. The summed E-state index contributed by atoms with van der Waals surface area (Å²) in [4.78, 5) is 38.3. The maximum absolute atomic E-state index is 13.5. The number of carbonyl (C=O) groups excluding carboxylic acids is 2. The molecule has 12 heteroatoms. The molecule has 0 fully saturated rings. The van der Waals surface area contributed by atoms with E-state index < -0.39 is 33.4 Å². The Morgan fingerprint density at radius 1 is 1.14 bits per heavy atom. The summed E-state index contributed by atoms with van der Waals surface area (Å²) in [6.07, 6.45) is 1.89. The maximum Gasteiger partial charge on any atom is 0.271 e. The van der Waals surface area contributed by atoms with Crippen molar-refractivity contribution in [3.8, 4) is 0 Å².